The normalized spacial score (nSPS) is 13.8. The van der Waals surface area contributed by atoms with E-state index in [0.29, 0.717) is 0 Å². The maximum absolute atomic E-state index is 11.4. The third-order valence-corrected chi connectivity index (χ3v) is 2.32. The minimum atomic E-state index is -1.15. The molecule has 0 rings (SSSR count). The minimum absolute atomic E-state index is 0.00694. The fourth-order valence-electron chi connectivity index (χ4n) is 1.26. The Morgan fingerprint density at radius 3 is 2.00 bits per heavy atom. The molecule has 104 valence electrons. The van der Waals surface area contributed by atoms with Gasteiger partial charge in [0.15, 0.2) is 0 Å². The average molecular weight is 264 g/mol. The Bertz CT molecular complexity index is 318. The quantitative estimate of drug-likeness (QED) is 0.452. The zero-order chi connectivity index (χ0) is 14.3. The number of carbonyl (C=O) groups is 1. The highest BCUT2D eigenvalue weighted by Gasteiger charge is 2.25. The van der Waals surface area contributed by atoms with Crippen LogP contribution in [0.2, 0.25) is 0 Å². The second-order valence-electron chi connectivity index (χ2n) is 4.06. The van der Waals surface area contributed by atoms with Crippen molar-refractivity contribution in [3.8, 4) is 0 Å². The number of hydrogen-bond acceptors (Lipinski definition) is 7. The molecular weight excluding hydrogens is 248 g/mol. The van der Waals surface area contributed by atoms with Crippen LogP contribution in [0.25, 0.3) is 0 Å². The summed E-state index contributed by atoms with van der Waals surface area (Å²) >= 11 is 0. The fourth-order valence-corrected chi connectivity index (χ4v) is 1.26. The molecule has 0 radical (unpaired) electrons. The van der Waals surface area contributed by atoms with Crippen molar-refractivity contribution in [2.75, 3.05) is 0 Å². The Morgan fingerprint density at radius 1 is 1.11 bits per heavy atom. The number of nitrogens with zero attached hydrogens (tertiary/aromatic N) is 2. The summed E-state index contributed by atoms with van der Waals surface area (Å²) in [6, 6.07) is 0. The molecule has 0 aliphatic carbocycles. The summed E-state index contributed by atoms with van der Waals surface area (Å²) in [6.07, 6.45) is -2.23. The summed E-state index contributed by atoms with van der Waals surface area (Å²) < 4.78 is 0. The molecule has 0 N–H and O–H groups in total. The molecule has 0 aromatic heterocycles. The Hall–Kier alpha value is -1.93. The molecule has 0 bridgehead atoms. The Labute approximate surface area is 103 Å². The highest BCUT2D eigenvalue weighted by Crippen LogP contribution is 2.13. The van der Waals surface area contributed by atoms with Crippen molar-refractivity contribution >= 4 is 5.78 Å². The standard InChI is InChI=1S/C9H16N2O7/c1-6(2)8(12)4-5-9(18-11(15)16)7(3)17-10(13)14/h6-7,9H,4-5H2,1-3H3/t7-,9-/m0/s1. The van der Waals surface area contributed by atoms with Crippen LogP contribution in [0.5, 0.6) is 0 Å². The van der Waals surface area contributed by atoms with Crippen LogP contribution < -0.4 is 0 Å². The first-order valence-electron chi connectivity index (χ1n) is 5.39. The van der Waals surface area contributed by atoms with E-state index in [1.54, 1.807) is 13.8 Å². The molecule has 0 aliphatic rings. The van der Waals surface area contributed by atoms with Gasteiger partial charge in [-0.2, -0.15) is 0 Å². The molecule has 0 saturated carbocycles. The van der Waals surface area contributed by atoms with Crippen LogP contribution in [0.1, 0.15) is 33.6 Å². The van der Waals surface area contributed by atoms with Crippen LogP contribution in [-0.4, -0.2) is 28.2 Å². The van der Waals surface area contributed by atoms with Gasteiger partial charge < -0.3 is 9.68 Å². The Morgan fingerprint density at radius 2 is 1.61 bits per heavy atom. The van der Waals surface area contributed by atoms with Gasteiger partial charge in [0.2, 0.25) is 0 Å². The Balaban J connectivity index is 4.43. The monoisotopic (exact) mass is 264 g/mol. The zero-order valence-corrected chi connectivity index (χ0v) is 10.4. The van der Waals surface area contributed by atoms with Crippen molar-refractivity contribution in [1.82, 2.24) is 0 Å². The summed E-state index contributed by atoms with van der Waals surface area (Å²) in [5.41, 5.74) is 0. The van der Waals surface area contributed by atoms with Crippen molar-refractivity contribution < 1.29 is 24.6 Å². The summed E-state index contributed by atoms with van der Waals surface area (Å²) in [5, 5.41) is 18.3. The third-order valence-electron chi connectivity index (χ3n) is 2.32. The molecule has 9 heteroatoms. The minimum Gasteiger partial charge on any atom is -0.309 e. The first-order valence-corrected chi connectivity index (χ1v) is 5.39. The Kier molecular flexibility index (Phi) is 6.61. The van der Waals surface area contributed by atoms with E-state index in [9.17, 15) is 25.0 Å². The first kappa shape index (κ1) is 16.1. The van der Waals surface area contributed by atoms with E-state index in [-0.39, 0.29) is 24.5 Å². The molecule has 0 fully saturated rings. The molecule has 0 amide bonds. The third kappa shape index (κ3) is 6.61. The molecule has 0 heterocycles. The van der Waals surface area contributed by atoms with Gasteiger partial charge in [-0.05, 0) is 13.3 Å². The van der Waals surface area contributed by atoms with Gasteiger partial charge in [-0.25, -0.2) is 0 Å². The van der Waals surface area contributed by atoms with E-state index in [1.807, 2.05) is 0 Å². The van der Waals surface area contributed by atoms with Crippen LogP contribution in [0, 0.1) is 26.1 Å². The SMILES string of the molecule is CC(C)C(=O)CC[C@H](O[N+](=O)[O-])[C@H](C)O[N+](=O)[O-]. The number of hydrogen-bond donors (Lipinski definition) is 0. The molecule has 0 aromatic rings. The smallest absolute Gasteiger partial charge is 0.294 e. The van der Waals surface area contributed by atoms with E-state index in [1.165, 1.54) is 6.92 Å². The molecule has 18 heavy (non-hydrogen) atoms. The van der Waals surface area contributed by atoms with Crippen LogP contribution in [0.3, 0.4) is 0 Å². The van der Waals surface area contributed by atoms with Crippen LogP contribution >= 0.6 is 0 Å². The molecule has 9 nitrogen and oxygen atoms in total. The van der Waals surface area contributed by atoms with Crippen molar-refractivity contribution in [1.29, 1.82) is 0 Å². The lowest BCUT2D eigenvalue weighted by Crippen LogP contribution is -2.33. The van der Waals surface area contributed by atoms with Gasteiger partial charge in [0.1, 0.15) is 18.0 Å². The molecule has 0 unspecified atom stereocenters. The molecule has 0 saturated heterocycles. The topological polar surface area (TPSA) is 122 Å². The van der Waals surface area contributed by atoms with Crippen LogP contribution in [0.4, 0.5) is 0 Å². The van der Waals surface area contributed by atoms with E-state index >= 15 is 0 Å². The maximum atomic E-state index is 11.4. The molecule has 2 atom stereocenters. The van der Waals surface area contributed by atoms with Gasteiger partial charge in [0.25, 0.3) is 10.2 Å². The lowest BCUT2D eigenvalue weighted by molar-refractivity contribution is -0.798. The largest absolute Gasteiger partial charge is 0.309 e. The lowest BCUT2D eigenvalue weighted by Gasteiger charge is -2.20. The highest BCUT2D eigenvalue weighted by atomic mass is 17.0. The van der Waals surface area contributed by atoms with Gasteiger partial charge >= 0.3 is 0 Å². The van der Waals surface area contributed by atoms with Crippen molar-refractivity contribution in [3.63, 3.8) is 0 Å². The van der Waals surface area contributed by atoms with E-state index in [0.717, 1.165) is 0 Å². The predicted octanol–water partition coefficient (Wildman–Crippen LogP) is 1.17. The molecule has 0 aliphatic heterocycles. The van der Waals surface area contributed by atoms with Gasteiger partial charge in [-0.15, -0.1) is 20.2 Å². The number of carbonyl (C=O) groups excluding carboxylic acids is 1. The van der Waals surface area contributed by atoms with Crippen molar-refractivity contribution in [2.45, 2.75) is 45.8 Å². The van der Waals surface area contributed by atoms with E-state index in [4.69, 9.17) is 0 Å². The van der Waals surface area contributed by atoms with Crippen LogP contribution in [0.15, 0.2) is 0 Å². The molecule has 0 aromatic carbocycles. The van der Waals surface area contributed by atoms with Gasteiger partial charge in [-0.3, -0.25) is 4.79 Å². The van der Waals surface area contributed by atoms with Gasteiger partial charge in [0.05, 0.1) is 0 Å². The highest BCUT2D eigenvalue weighted by molar-refractivity contribution is 5.80. The predicted molar refractivity (Wildman–Crippen MR) is 58.5 cm³/mol. The van der Waals surface area contributed by atoms with Crippen LogP contribution in [-0.2, 0) is 14.5 Å². The summed E-state index contributed by atoms with van der Waals surface area (Å²) in [5.74, 6) is -0.298. The molecular formula is C9H16N2O7. The second-order valence-corrected chi connectivity index (χ2v) is 4.06. The lowest BCUT2D eigenvalue weighted by atomic mass is 10.0. The molecule has 0 spiro atoms. The average Bonchev–Trinajstić information content (AvgIpc) is 2.21. The first-order chi connectivity index (χ1) is 8.23. The van der Waals surface area contributed by atoms with E-state index < -0.39 is 22.4 Å². The number of Topliss-reactive ketones (excluding diaryl/α,β-unsaturated/α-hetero) is 1. The van der Waals surface area contributed by atoms with Crippen molar-refractivity contribution in [2.24, 2.45) is 5.92 Å². The maximum Gasteiger partial charge on any atom is 0.294 e. The van der Waals surface area contributed by atoms with E-state index in [2.05, 4.69) is 9.68 Å². The summed E-state index contributed by atoms with van der Waals surface area (Å²) in [7, 11) is 0. The number of rotatable bonds is 9. The van der Waals surface area contributed by atoms with Crippen molar-refractivity contribution in [3.05, 3.63) is 20.2 Å². The zero-order valence-electron chi connectivity index (χ0n) is 10.4. The van der Waals surface area contributed by atoms with Gasteiger partial charge in [-0.1, -0.05) is 13.8 Å². The van der Waals surface area contributed by atoms with Gasteiger partial charge in [0, 0.05) is 12.3 Å². The fraction of sp³-hybridized carbons (Fsp3) is 0.889. The number of ketones is 1. The summed E-state index contributed by atoms with van der Waals surface area (Å²) in [6.45, 7) is 4.67. The summed E-state index contributed by atoms with van der Waals surface area (Å²) in [4.78, 5) is 40.2. The second kappa shape index (κ2) is 7.41.